The van der Waals surface area contributed by atoms with E-state index in [0.717, 1.165) is 6.07 Å². The topological polar surface area (TPSA) is 82.8 Å². The highest BCUT2D eigenvalue weighted by Gasteiger charge is 2.38. The molecule has 0 fully saturated rings. The third-order valence-corrected chi connectivity index (χ3v) is 2.48. The smallest absolute Gasteiger partial charge is 0.389 e. The van der Waals surface area contributed by atoms with Gasteiger partial charge in [0.1, 0.15) is 5.76 Å². The van der Waals surface area contributed by atoms with Crippen LogP contribution in [-0.4, -0.2) is 18.2 Å². The Bertz CT molecular complexity index is 513. The Morgan fingerprint density at radius 1 is 1.25 bits per heavy atom. The van der Waals surface area contributed by atoms with E-state index in [0.29, 0.717) is 0 Å². The Morgan fingerprint density at radius 3 is 2.40 bits per heavy atom. The summed E-state index contributed by atoms with van der Waals surface area (Å²) in [5, 5.41) is 21.2. The predicted octanol–water partition coefficient (Wildman–Crippen LogP) is 2.90. The van der Waals surface area contributed by atoms with Gasteiger partial charge in [-0.05, 0) is 11.6 Å². The first kappa shape index (κ1) is 15.8. The van der Waals surface area contributed by atoms with E-state index >= 15 is 0 Å². The van der Waals surface area contributed by atoms with Gasteiger partial charge >= 0.3 is 6.18 Å². The summed E-state index contributed by atoms with van der Waals surface area (Å²) in [5.74, 6) is -0.234. The van der Waals surface area contributed by atoms with E-state index in [1.807, 2.05) is 0 Å². The molecule has 1 aromatic heterocycles. The first-order valence-electron chi connectivity index (χ1n) is 5.38. The molecule has 1 heterocycles. The van der Waals surface area contributed by atoms with Crippen LogP contribution in [0.1, 0.15) is 18.6 Å². The number of hydrogen-bond donors (Lipinski definition) is 0. The van der Waals surface area contributed by atoms with Gasteiger partial charge in [0.2, 0.25) is 6.86 Å². The van der Waals surface area contributed by atoms with E-state index in [2.05, 4.69) is 14.4 Å². The lowest BCUT2D eigenvalue weighted by atomic mass is 9.82. The van der Waals surface area contributed by atoms with Gasteiger partial charge in [-0.15, -0.1) is 0 Å². The van der Waals surface area contributed by atoms with Crippen molar-refractivity contribution in [2.24, 2.45) is 5.41 Å². The molecule has 108 valence electrons. The minimum absolute atomic E-state index is 0.0290. The van der Waals surface area contributed by atoms with Crippen molar-refractivity contribution in [3.8, 4) is 18.0 Å². The molecule has 0 spiro atoms. The van der Waals surface area contributed by atoms with Gasteiger partial charge in [0.15, 0.2) is 5.41 Å². The minimum atomic E-state index is -4.47. The fraction of sp³-hybridized carbons (Fsp3) is 0.545. The maximum Gasteiger partial charge on any atom is 0.389 e. The van der Waals surface area contributed by atoms with Gasteiger partial charge in [-0.25, -0.2) is 4.39 Å². The van der Waals surface area contributed by atoms with E-state index < -0.39 is 37.7 Å². The highest BCUT2D eigenvalue weighted by molar-refractivity contribution is 5.21. The monoisotopic (exact) mass is 291 g/mol. The zero-order valence-corrected chi connectivity index (χ0v) is 10.1. The predicted molar refractivity (Wildman–Crippen MR) is 55.8 cm³/mol. The lowest BCUT2D eigenvalue weighted by molar-refractivity contribution is -0.138. The second-order valence-electron chi connectivity index (χ2n) is 3.98. The third kappa shape index (κ3) is 4.43. The normalized spacial score (nSPS) is 11.7. The van der Waals surface area contributed by atoms with Crippen LogP contribution in [0, 0.1) is 28.1 Å². The van der Waals surface area contributed by atoms with Crippen LogP contribution in [0.2, 0.25) is 0 Å². The zero-order valence-electron chi connectivity index (χ0n) is 10.1. The van der Waals surface area contributed by atoms with E-state index in [1.54, 1.807) is 12.1 Å². The number of alkyl halides is 4. The number of nitrogens with zero attached hydrogens (tertiary/aromatic N) is 3. The molecule has 9 heteroatoms. The summed E-state index contributed by atoms with van der Waals surface area (Å²) in [5.41, 5.74) is -1.89. The summed E-state index contributed by atoms with van der Waals surface area (Å²) < 4.78 is 57.5. The summed E-state index contributed by atoms with van der Waals surface area (Å²) in [6, 6.07) is 4.25. The maximum absolute atomic E-state index is 12.2. The fourth-order valence-corrected chi connectivity index (χ4v) is 1.46. The molecule has 0 aliphatic carbocycles. The first-order valence-corrected chi connectivity index (χ1v) is 5.38. The van der Waals surface area contributed by atoms with E-state index in [4.69, 9.17) is 10.5 Å². The molecular formula is C11H9F4N3O2. The van der Waals surface area contributed by atoms with E-state index in [-0.39, 0.29) is 11.6 Å². The van der Waals surface area contributed by atoms with Crippen molar-refractivity contribution in [1.29, 1.82) is 10.5 Å². The molecule has 0 radical (unpaired) electrons. The van der Waals surface area contributed by atoms with E-state index in [1.165, 1.54) is 0 Å². The second kappa shape index (κ2) is 6.24. The second-order valence-corrected chi connectivity index (χ2v) is 3.98. The molecule has 0 aliphatic heterocycles. The van der Waals surface area contributed by atoms with Crippen LogP contribution < -0.4 is 4.74 Å². The van der Waals surface area contributed by atoms with Crippen LogP contribution in [0.3, 0.4) is 0 Å². The summed E-state index contributed by atoms with van der Waals surface area (Å²) in [4.78, 5) is 0. The average molecular weight is 291 g/mol. The number of nitriles is 2. The van der Waals surface area contributed by atoms with Crippen molar-refractivity contribution < 1.29 is 26.8 Å². The lowest BCUT2D eigenvalue weighted by Crippen LogP contribution is -2.22. The highest BCUT2D eigenvalue weighted by Crippen LogP contribution is 2.33. The Kier molecular flexibility index (Phi) is 4.92. The quantitative estimate of drug-likeness (QED) is 0.752. The van der Waals surface area contributed by atoms with Gasteiger partial charge in [-0.3, -0.25) is 0 Å². The number of halogens is 4. The van der Waals surface area contributed by atoms with Crippen molar-refractivity contribution >= 4 is 0 Å². The molecule has 0 aliphatic rings. The Morgan fingerprint density at radius 2 is 1.90 bits per heavy atom. The molecule has 0 saturated heterocycles. The first-order chi connectivity index (χ1) is 9.34. The van der Waals surface area contributed by atoms with Gasteiger partial charge in [-0.1, -0.05) is 0 Å². The molecule has 0 amide bonds. The fourth-order valence-electron chi connectivity index (χ4n) is 1.46. The Labute approximate surface area is 111 Å². The van der Waals surface area contributed by atoms with E-state index in [9.17, 15) is 17.6 Å². The van der Waals surface area contributed by atoms with Crippen LogP contribution >= 0.6 is 0 Å². The standard InChI is InChI=1S/C11H9F4N3O2/c12-7-19-9-3-8(20-18-9)4-10(5-16,6-17)1-2-11(13,14)15/h3H,1-2,4,7H2. The molecule has 0 atom stereocenters. The van der Waals surface area contributed by atoms with Gasteiger partial charge < -0.3 is 9.26 Å². The van der Waals surface area contributed by atoms with Crippen molar-refractivity contribution in [2.45, 2.75) is 25.4 Å². The Balaban J connectivity index is 2.81. The molecule has 0 bridgehead atoms. The number of ether oxygens (including phenoxy) is 1. The molecular weight excluding hydrogens is 282 g/mol. The molecule has 20 heavy (non-hydrogen) atoms. The molecule has 1 rings (SSSR count). The van der Waals surface area contributed by atoms with Gasteiger partial charge in [0, 0.05) is 18.9 Å². The minimum Gasteiger partial charge on any atom is -0.444 e. The number of aromatic nitrogens is 1. The molecule has 0 N–H and O–H groups in total. The summed E-state index contributed by atoms with van der Waals surface area (Å²) in [6.45, 7) is -1.15. The summed E-state index contributed by atoms with van der Waals surface area (Å²) in [6.07, 6.45) is -6.82. The zero-order chi connectivity index (χ0) is 15.2. The third-order valence-electron chi connectivity index (χ3n) is 2.48. The Hall–Kier alpha value is -2.29. The molecule has 0 saturated carbocycles. The van der Waals surface area contributed by atoms with Crippen molar-refractivity contribution in [1.82, 2.24) is 5.16 Å². The van der Waals surface area contributed by atoms with Crippen molar-refractivity contribution in [2.75, 3.05) is 6.86 Å². The summed E-state index contributed by atoms with van der Waals surface area (Å²) in [7, 11) is 0. The van der Waals surface area contributed by atoms with Crippen LogP contribution in [0.25, 0.3) is 0 Å². The summed E-state index contributed by atoms with van der Waals surface area (Å²) >= 11 is 0. The number of rotatable bonds is 6. The van der Waals surface area contributed by atoms with Crippen LogP contribution in [0.15, 0.2) is 10.6 Å². The van der Waals surface area contributed by atoms with Gasteiger partial charge in [0.25, 0.3) is 5.88 Å². The number of hydrogen-bond acceptors (Lipinski definition) is 5. The van der Waals surface area contributed by atoms with Crippen LogP contribution in [0.5, 0.6) is 5.88 Å². The molecule has 0 aromatic carbocycles. The van der Waals surface area contributed by atoms with Crippen molar-refractivity contribution in [3.63, 3.8) is 0 Å². The SMILES string of the molecule is N#CC(C#N)(CCC(F)(F)F)Cc1cc(OCF)no1. The van der Waals surface area contributed by atoms with Crippen molar-refractivity contribution in [3.05, 3.63) is 11.8 Å². The van der Waals surface area contributed by atoms with Gasteiger partial charge in [0.05, 0.1) is 12.1 Å². The molecule has 5 nitrogen and oxygen atoms in total. The van der Waals surface area contributed by atoms with Gasteiger partial charge in [-0.2, -0.15) is 23.7 Å². The largest absolute Gasteiger partial charge is 0.444 e. The highest BCUT2D eigenvalue weighted by atomic mass is 19.4. The molecule has 0 unspecified atom stereocenters. The molecule has 1 aromatic rings. The van der Waals surface area contributed by atoms with Crippen LogP contribution in [0.4, 0.5) is 17.6 Å². The average Bonchev–Trinajstić information content (AvgIpc) is 2.81. The van der Waals surface area contributed by atoms with Crippen LogP contribution in [-0.2, 0) is 6.42 Å². The maximum atomic E-state index is 12.2. The lowest BCUT2D eigenvalue weighted by Gasteiger charge is -2.17.